The highest BCUT2D eigenvalue weighted by atomic mass is 79.9. The average Bonchev–Trinajstić information content (AvgIpc) is 2.94. The lowest BCUT2D eigenvalue weighted by Gasteiger charge is -2.12. The predicted molar refractivity (Wildman–Crippen MR) is 63.6 cm³/mol. The van der Waals surface area contributed by atoms with Crippen LogP contribution in [0.25, 0.3) is 0 Å². The minimum absolute atomic E-state index is 0.200. The molecule has 5 heteroatoms. The van der Waals surface area contributed by atoms with Crippen LogP contribution in [-0.2, 0) is 4.79 Å². The standard InChI is InChI=1S/C11H12BrFN2O/c1-6-4-8(13)7(12)5-9(6)15-10(16)11(14)2-3-11/h4-5H,2-3,14H2,1H3,(H,15,16). The van der Waals surface area contributed by atoms with Crippen LogP contribution >= 0.6 is 15.9 Å². The third-order valence-electron chi connectivity index (χ3n) is 2.76. The zero-order valence-corrected chi connectivity index (χ0v) is 10.4. The third kappa shape index (κ3) is 2.10. The lowest BCUT2D eigenvalue weighted by molar-refractivity contribution is -0.118. The number of benzene rings is 1. The van der Waals surface area contributed by atoms with Crippen LogP contribution in [0, 0.1) is 12.7 Å². The Morgan fingerprint density at radius 1 is 1.56 bits per heavy atom. The molecular formula is C11H12BrFN2O. The molecule has 1 aliphatic rings. The summed E-state index contributed by atoms with van der Waals surface area (Å²) in [6.45, 7) is 1.74. The Morgan fingerprint density at radius 2 is 2.19 bits per heavy atom. The number of carbonyl (C=O) groups is 1. The molecule has 0 aromatic heterocycles. The Morgan fingerprint density at radius 3 is 2.75 bits per heavy atom. The highest BCUT2D eigenvalue weighted by Crippen LogP contribution is 2.34. The molecular weight excluding hydrogens is 275 g/mol. The minimum Gasteiger partial charge on any atom is -0.324 e. The maximum atomic E-state index is 13.2. The van der Waals surface area contributed by atoms with Crippen molar-refractivity contribution in [2.75, 3.05) is 5.32 Å². The summed E-state index contributed by atoms with van der Waals surface area (Å²) in [5.74, 6) is -0.543. The van der Waals surface area contributed by atoms with Gasteiger partial charge in [-0.3, -0.25) is 4.79 Å². The number of carbonyl (C=O) groups excluding carboxylic acids is 1. The van der Waals surface area contributed by atoms with Crippen LogP contribution in [0.5, 0.6) is 0 Å². The van der Waals surface area contributed by atoms with Crippen LogP contribution in [-0.4, -0.2) is 11.4 Å². The van der Waals surface area contributed by atoms with Crippen molar-refractivity contribution >= 4 is 27.5 Å². The molecule has 0 unspecified atom stereocenters. The summed E-state index contributed by atoms with van der Waals surface area (Å²) in [6.07, 6.45) is 1.42. The maximum Gasteiger partial charge on any atom is 0.244 e. The highest BCUT2D eigenvalue weighted by molar-refractivity contribution is 9.10. The van der Waals surface area contributed by atoms with E-state index in [9.17, 15) is 9.18 Å². The van der Waals surface area contributed by atoms with Crippen molar-refractivity contribution in [1.82, 2.24) is 0 Å². The van der Waals surface area contributed by atoms with Gasteiger partial charge in [0.1, 0.15) is 5.82 Å². The Labute approximate surface area is 101 Å². The number of hydrogen-bond acceptors (Lipinski definition) is 2. The van der Waals surface area contributed by atoms with Crippen molar-refractivity contribution in [3.63, 3.8) is 0 Å². The first-order valence-corrected chi connectivity index (χ1v) is 5.78. The quantitative estimate of drug-likeness (QED) is 0.877. The van der Waals surface area contributed by atoms with Gasteiger partial charge in [-0.25, -0.2) is 4.39 Å². The molecule has 0 atom stereocenters. The van der Waals surface area contributed by atoms with Crippen LogP contribution in [0.2, 0.25) is 0 Å². The van der Waals surface area contributed by atoms with E-state index >= 15 is 0 Å². The van der Waals surface area contributed by atoms with Crippen LogP contribution in [0.3, 0.4) is 0 Å². The Kier molecular flexibility index (Phi) is 2.75. The van der Waals surface area contributed by atoms with Gasteiger partial charge in [-0.15, -0.1) is 0 Å². The number of nitrogens with one attached hydrogen (secondary N) is 1. The smallest absolute Gasteiger partial charge is 0.244 e. The first kappa shape index (κ1) is 11.5. The van der Waals surface area contributed by atoms with Crippen LogP contribution in [0.4, 0.5) is 10.1 Å². The highest BCUT2D eigenvalue weighted by Gasteiger charge is 2.46. The molecule has 2 rings (SSSR count). The maximum absolute atomic E-state index is 13.2. The molecule has 1 fully saturated rings. The van der Waals surface area contributed by atoms with Crippen molar-refractivity contribution in [2.45, 2.75) is 25.3 Å². The summed E-state index contributed by atoms with van der Waals surface area (Å²) in [5.41, 5.74) is 6.31. The fourth-order valence-corrected chi connectivity index (χ4v) is 1.73. The lowest BCUT2D eigenvalue weighted by Crippen LogP contribution is -2.38. The summed E-state index contributed by atoms with van der Waals surface area (Å²) in [4.78, 5) is 11.7. The summed E-state index contributed by atoms with van der Waals surface area (Å²) in [7, 11) is 0. The molecule has 0 aliphatic heterocycles. The van der Waals surface area contributed by atoms with E-state index < -0.39 is 5.54 Å². The zero-order chi connectivity index (χ0) is 11.9. The lowest BCUT2D eigenvalue weighted by atomic mass is 10.2. The van der Waals surface area contributed by atoms with Crippen molar-refractivity contribution in [3.8, 4) is 0 Å². The van der Waals surface area contributed by atoms with Gasteiger partial charge >= 0.3 is 0 Å². The topological polar surface area (TPSA) is 55.1 Å². The SMILES string of the molecule is Cc1cc(F)c(Br)cc1NC(=O)C1(N)CC1. The van der Waals surface area contributed by atoms with Crippen molar-refractivity contribution in [2.24, 2.45) is 5.73 Å². The Hall–Kier alpha value is -0.940. The van der Waals surface area contributed by atoms with E-state index in [0.29, 0.717) is 28.6 Å². The Bertz CT molecular complexity index is 458. The van der Waals surface area contributed by atoms with Crippen LogP contribution < -0.4 is 11.1 Å². The molecule has 1 aromatic carbocycles. The summed E-state index contributed by atoms with van der Waals surface area (Å²) < 4.78 is 13.5. The van der Waals surface area contributed by atoms with Gasteiger partial charge < -0.3 is 11.1 Å². The van der Waals surface area contributed by atoms with Crippen molar-refractivity contribution < 1.29 is 9.18 Å². The summed E-state index contributed by atoms with van der Waals surface area (Å²) in [6, 6.07) is 2.92. The van der Waals surface area contributed by atoms with E-state index in [0.717, 1.165) is 0 Å². The van der Waals surface area contributed by atoms with E-state index in [1.165, 1.54) is 6.07 Å². The van der Waals surface area contributed by atoms with Gasteiger partial charge in [0.2, 0.25) is 5.91 Å². The van der Waals surface area contributed by atoms with E-state index in [1.807, 2.05) is 0 Å². The van der Waals surface area contributed by atoms with Gasteiger partial charge in [0, 0.05) is 5.69 Å². The molecule has 1 saturated carbocycles. The van der Waals surface area contributed by atoms with E-state index in [-0.39, 0.29) is 11.7 Å². The molecule has 86 valence electrons. The van der Waals surface area contributed by atoms with Crippen molar-refractivity contribution in [3.05, 3.63) is 28.0 Å². The van der Waals surface area contributed by atoms with Gasteiger partial charge in [-0.2, -0.15) is 0 Å². The van der Waals surface area contributed by atoms with Crippen molar-refractivity contribution in [1.29, 1.82) is 0 Å². The number of aryl methyl sites for hydroxylation is 1. The fraction of sp³-hybridized carbons (Fsp3) is 0.364. The van der Waals surface area contributed by atoms with Gasteiger partial charge in [0.05, 0.1) is 10.0 Å². The number of halogens is 2. The largest absolute Gasteiger partial charge is 0.324 e. The summed E-state index contributed by atoms with van der Waals surface area (Å²) >= 11 is 3.08. The predicted octanol–water partition coefficient (Wildman–Crippen LogP) is 2.33. The second-order valence-electron chi connectivity index (χ2n) is 4.19. The van der Waals surface area contributed by atoms with E-state index in [2.05, 4.69) is 21.2 Å². The number of rotatable bonds is 2. The molecule has 0 spiro atoms. The molecule has 0 saturated heterocycles. The first-order chi connectivity index (χ1) is 7.42. The monoisotopic (exact) mass is 286 g/mol. The average molecular weight is 287 g/mol. The van der Waals surface area contributed by atoms with Gasteiger partial charge in [-0.05, 0) is 53.4 Å². The second-order valence-corrected chi connectivity index (χ2v) is 5.05. The molecule has 1 aliphatic carbocycles. The first-order valence-electron chi connectivity index (χ1n) is 4.98. The second kappa shape index (κ2) is 3.82. The van der Waals surface area contributed by atoms with E-state index in [1.54, 1.807) is 13.0 Å². The number of anilines is 1. The van der Waals surface area contributed by atoms with E-state index in [4.69, 9.17) is 5.73 Å². The van der Waals surface area contributed by atoms with Crippen LogP contribution in [0.1, 0.15) is 18.4 Å². The molecule has 1 amide bonds. The van der Waals surface area contributed by atoms with Gasteiger partial charge in [-0.1, -0.05) is 0 Å². The van der Waals surface area contributed by atoms with Gasteiger partial charge in [0.25, 0.3) is 0 Å². The van der Waals surface area contributed by atoms with Crippen LogP contribution in [0.15, 0.2) is 16.6 Å². The molecule has 0 bridgehead atoms. The minimum atomic E-state index is -0.715. The van der Waals surface area contributed by atoms with Gasteiger partial charge in [0.15, 0.2) is 0 Å². The molecule has 16 heavy (non-hydrogen) atoms. The fourth-order valence-electron chi connectivity index (χ4n) is 1.39. The number of nitrogens with two attached hydrogens (primary N) is 1. The number of hydrogen-bond donors (Lipinski definition) is 2. The zero-order valence-electron chi connectivity index (χ0n) is 8.81. The molecule has 3 nitrogen and oxygen atoms in total. The molecule has 1 aromatic rings. The number of amides is 1. The molecule has 0 heterocycles. The molecule has 3 N–H and O–H groups in total. The normalized spacial score (nSPS) is 17.0. The summed E-state index contributed by atoms with van der Waals surface area (Å²) in [5, 5.41) is 2.72. The Balaban J connectivity index is 2.21. The molecule has 0 radical (unpaired) electrons. The third-order valence-corrected chi connectivity index (χ3v) is 3.36.